The van der Waals surface area contributed by atoms with Gasteiger partial charge in [0.2, 0.25) is 0 Å². The van der Waals surface area contributed by atoms with Crippen molar-refractivity contribution in [1.29, 1.82) is 0 Å². The van der Waals surface area contributed by atoms with Crippen LogP contribution < -0.4 is 11.1 Å². The quantitative estimate of drug-likeness (QED) is 0.819. The third-order valence-corrected chi connectivity index (χ3v) is 4.71. The lowest BCUT2D eigenvalue weighted by Crippen LogP contribution is -2.43. The highest BCUT2D eigenvalue weighted by Crippen LogP contribution is 2.34. The Kier molecular flexibility index (Phi) is 3.69. The molecule has 4 nitrogen and oxygen atoms in total. The van der Waals surface area contributed by atoms with Crippen molar-refractivity contribution in [1.82, 2.24) is 9.97 Å². The van der Waals surface area contributed by atoms with Crippen molar-refractivity contribution in [3.05, 3.63) is 17.6 Å². The predicted molar refractivity (Wildman–Crippen MR) is 77.2 cm³/mol. The summed E-state index contributed by atoms with van der Waals surface area (Å²) in [6.07, 6.45) is 12.6. The fraction of sp³-hybridized carbons (Fsp3) is 0.733. The summed E-state index contributed by atoms with van der Waals surface area (Å²) in [6.45, 7) is 0.700. The van der Waals surface area contributed by atoms with E-state index < -0.39 is 0 Å². The second-order valence-corrected chi connectivity index (χ2v) is 6.02. The third-order valence-electron chi connectivity index (χ3n) is 4.71. The van der Waals surface area contributed by atoms with Crippen LogP contribution in [0.5, 0.6) is 0 Å². The number of rotatable bonds is 3. The number of nitrogens with two attached hydrogens (primary N) is 1. The van der Waals surface area contributed by atoms with Crippen LogP contribution in [0.2, 0.25) is 0 Å². The maximum atomic E-state index is 6.02. The summed E-state index contributed by atoms with van der Waals surface area (Å²) in [7, 11) is 0. The molecule has 4 heteroatoms. The molecule has 0 spiro atoms. The first-order chi connectivity index (χ1) is 9.33. The zero-order chi connectivity index (χ0) is 13.1. The van der Waals surface area contributed by atoms with Crippen LogP contribution in [0.4, 0.5) is 5.82 Å². The molecule has 1 aromatic heterocycles. The van der Waals surface area contributed by atoms with Crippen LogP contribution in [0.1, 0.15) is 56.2 Å². The fourth-order valence-corrected chi connectivity index (χ4v) is 3.49. The number of nitrogens with zero attached hydrogens (tertiary/aromatic N) is 2. The number of aryl methyl sites for hydroxylation is 1. The standard InChI is InChI=1S/C15H24N4/c16-10-15(8-4-5-9-15)19-14-12-6-2-1-3-7-13(12)17-11-18-14/h11H,1-10,16H2,(H,17,18,19). The molecule has 104 valence electrons. The molecule has 0 unspecified atom stereocenters. The van der Waals surface area contributed by atoms with Crippen LogP contribution in [0.25, 0.3) is 0 Å². The van der Waals surface area contributed by atoms with Crippen LogP contribution in [0, 0.1) is 0 Å². The zero-order valence-corrected chi connectivity index (χ0v) is 11.6. The number of nitrogens with one attached hydrogen (secondary N) is 1. The lowest BCUT2D eigenvalue weighted by Gasteiger charge is -2.30. The zero-order valence-electron chi connectivity index (χ0n) is 11.6. The lowest BCUT2D eigenvalue weighted by molar-refractivity contribution is 0.490. The van der Waals surface area contributed by atoms with Crippen LogP contribution in [0.15, 0.2) is 6.33 Å². The van der Waals surface area contributed by atoms with Gasteiger partial charge in [-0.05, 0) is 38.5 Å². The molecule has 3 rings (SSSR count). The maximum absolute atomic E-state index is 6.02. The van der Waals surface area contributed by atoms with Crippen LogP contribution in [-0.2, 0) is 12.8 Å². The van der Waals surface area contributed by atoms with Gasteiger partial charge in [-0.15, -0.1) is 0 Å². The Balaban J connectivity index is 1.88. The maximum Gasteiger partial charge on any atom is 0.133 e. The van der Waals surface area contributed by atoms with E-state index in [1.807, 2.05) is 0 Å². The second kappa shape index (κ2) is 5.45. The molecule has 3 N–H and O–H groups in total. The van der Waals surface area contributed by atoms with Crippen molar-refractivity contribution < 1.29 is 0 Å². The highest BCUT2D eigenvalue weighted by atomic mass is 15.1. The van der Waals surface area contributed by atoms with E-state index in [4.69, 9.17) is 5.73 Å². The van der Waals surface area contributed by atoms with E-state index >= 15 is 0 Å². The van der Waals surface area contributed by atoms with Crippen LogP contribution in [0.3, 0.4) is 0 Å². The summed E-state index contributed by atoms with van der Waals surface area (Å²) in [5.74, 6) is 1.05. The van der Waals surface area contributed by atoms with Crippen molar-refractivity contribution in [3.8, 4) is 0 Å². The summed E-state index contributed by atoms with van der Waals surface area (Å²) >= 11 is 0. The number of aromatic nitrogens is 2. The smallest absolute Gasteiger partial charge is 0.133 e. The Morgan fingerprint density at radius 1 is 1.05 bits per heavy atom. The number of hydrogen-bond donors (Lipinski definition) is 2. The Morgan fingerprint density at radius 3 is 2.63 bits per heavy atom. The normalized spacial score (nSPS) is 21.7. The van der Waals surface area contributed by atoms with Crippen molar-refractivity contribution in [2.75, 3.05) is 11.9 Å². The summed E-state index contributed by atoms with van der Waals surface area (Å²) < 4.78 is 0. The monoisotopic (exact) mass is 260 g/mol. The largest absolute Gasteiger partial charge is 0.363 e. The van der Waals surface area contributed by atoms with Gasteiger partial charge in [0.1, 0.15) is 12.1 Å². The van der Waals surface area contributed by atoms with Gasteiger partial charge in [-0.25, -0.2) is 9.97 Å². The fourth-order valence-electron chi connectivity index (χ4n) is 3.49. The number of fused-ring (bicyclic) bond motifs is 1. The molecular weight excluding hydrogens is 236 g/mol. The first-order valence-corrected chi connectivity index (χ1v) is 7.64. The van der Waals surface area contributed by atoms with E-state index in [9.17, 15) is 0 Å². The molecule has 0 amide bonds. The second-order valence-electron chi connectivity index (χ2n) is 6.02. The Bertz CT molecular complexity index is 438. The van der Waals surface area contributed by atoms with Crippen molar-refractivity contribution in [2.24, 2.45) is 5.73 Å². The van der Waals surface area contributed by atoms with E-state index in [0.717, 1.165) is 18.7 Å². The van der Waals surface area contributed by atoms with Crippen LogP contribution in [-0.4, -0.2) is 22.1 Å². The van der Waals surface area contributed by atoms with Gasteiger partial charge in [0.25, 0.3) is 0 Å². The molecule has 1 saturated carbocycles. The number of anilines is 1. The lowest BCUT2D eigenvalue weighted by atomic mass is 9.97. The average Bonchev–Trinajstić information content (AvgIpc) is 2.76. The molecule has 2 aliphatic rings. The van der Waals surface area contributed by atoms with Crippen molar-refractivity contribution in [3.63, 3.8) is 0 Å². The highest BCUT2D eigenvalue weighted by Gasteiger charge is 2.33. The predicted octanol–water partition coefficient (Wildman–Crippen LogP) is 2.43. The summed E-state index contributed by atoms with van der Waals surface area (Å²) in [5, 5.41) is 3.68. The molecule has 1 heterocycles. The van der Waals surface area contributed by atoms with E-state index in [0.29, 0.717) is 6.54 Å². The summed E-state index contributed by atoms with van der Waals surface area (Å²) in [4.78, 5) is 8.99. The van der Waals surface area contributed by atoms with Crippen molar-refractivity contribution in [2.45, 2.75) is 63.3 Å². The molecule has 0 bridgehead atoms. The van der Waals surface area contributed by atoms with E-state index in [1.165, 1.54) is 56.2 Å². The summed E-state index contributed by atoms with van der Waals surface area (Å²) in [6, 6.07) is 0. The molecule has 0 atom stereocenters. The van der Waals surface area contributed by atoms with Crippen molar-refractivity contribution >= 4 is 5.82 Å². The Hall–Kier alpha value is -1.16. The molecule has 0 radical (unpaired) electrons. The van der Waals surface area contributed by atoms with Gasteiger partial charge < -0.3 is 11.1 Å². The minimum atomic E-state index is 0.0778. The van der Waals surface area contributed by atoms with E-state index in [1.54, 1.807) is 6.33 Å². The van der Waals surface area contributed by atoms with Gasteiger partial charge in [0.05, 0.1) is 5.54 Å². The molecular formula is C15H24N4. The topological polar surface area (TPSA) is 63.8 Å². The van der Waals surface area contributed by atoms with Gasteiger partial charge in [-0.1, -0.05) is 19.3 Å². The van der Waals surface area contributed by atoms with Gasteiger partial charge in [0.15, 0.2) is 0 Å². The molecule has 1 aromatic rings. The van der Waals surface area contributed by atoms with Crippen LogP contribution >= 0.6 is 0 Å². The SMILES string of the molecule is NCC1(Nc2ncnc3c2CCCCC3)CCCC1. The van der Waals surface area contributed by atoms with Gasteiger partial charge in [-0.3, -0.25) is 0 Å². The molecule has 1 fully saturated rings. The minimum absolute atomic E-state index is 0.0778. The highest BCUT2D eigenvalue weighted by molar-refractivity contribution is 5.49. The molecule has 2 aliphatic carbocycles. The van der Waals surface area contributed by atoms with Gasteiger partial charge in [0, 0.05) is 17.8 Å². The van der Waals surface area contributed by atoms with Gasteiger partial charge in [-0.2, -0.15) is 0 Å². The third kappa shape index (κ3) is 2.59. The Morgan fingerprint density at radius 2 is 1.84 bits per heavy atom. The molecule has 19 heavy (non-hydrogen) atoms. The van der Waals surface area contributed by atoms with E-state index in [-0.39, 0.29) is 5.54 Å². The first kappa shape index (κ1) is 12.9. The average molecular weight is 260 g/mol. The Labute approximate surface area is 115 Å². The molecule has 0 aliphatic heterocycles. The molecule has 0 aromatic carbocycles. The first-order valence-electron chi connectivity index (χ1n) is 7.64. The van der Waals surface area contributed by atoms with Gasteiger partial charge >= 0.3 is 0 Å². The van der Waals surface area contributed by atoms with E-state index in [2.05, 4.69) is 15.3 Å². The molecule has 0 saturated heterocycles. The minimum Gasteiger partial charge on any atom is -0.363 e. The summed E-state index contributed by atoms with van der Waals surface area (Å²) in [5.41, 5.74) is 8.69. The number of hydrogen-bond acceptors (Lipinski definition) is 4.